The minimum Gasteiger partial charge on any atom is -0.319 e. The van der Waals surface area contributed by atoms with Crippen LogP contribution in [-0.2, 0) is 25.8 Å². The highest BCUT2D eigenvalue weighted by atomic mass is 32.2. The number of benzene rings is 1. The molecule has 3 amide bonds. The molecule has 3 heterocycles. The van der Waals surface area contributed by atoms with Crippen molar-refractivity contribution in [3.63, 3.8) is 0 Å². The van der Waals surface area contributed by atoms with Crippen LogP contribution >= 0.6 is 11.3 Å². The summed E-state index contributed by atoms with van der Waals surface area (Å²) in [6, 6.07) is 10.7. The van der Waals surface area contributed by atoms with Gasteiger partial charge in [0, 0.05) is 26.2 Å². The Bertz CT molecular complexity index is 1130. The van der Waals surface area contributed by atoms with Gasteiger partial charge in [0.2, 0.25) is 0 Å². The van der Waals surface area contributed by atoms with Crippen molar-refractivity contribution in [2.24, 2.45) is 0 Å². The predicted octanol–water partition coefficient (Wildman–Crippen LogP) is 2.78. The van der Waals surface area contributed by atoms with Crippen molar-refractivity contribution in [2.45, 2.75) is 42.9 Å². The van der Waals surface area contributed by atoms with Gasteiger partial charge < -0.3 is 5.32 Å². The summed E-state index contributed by atoms with van der Waals surface area (Å²) < 4.78 is 27.2. The molecule has 0 radical (unpaired) electrons. The lowest BCUT2D eigenvalue weighted by atomic mass is 9.84. The first kappa shape index (κ1) is 23.9. The third-order valence-electron chi connectivity index (χ3n) is 6.37. The van der Waals surface area contributed by atoms with E-state index in [1.807, 2.05) is 29.2 Å². The summed E-state index contributed by atoms with van der Waals surface area (Å²) in [6.45, 7) is 9.75. The number of piperazine rings is 1. The van der Waals surface area contributed by atoms with Gasteiger partial charge in [-0.2, -0.15) is 4.31 Å². The van der Waals surface area contributed by atoms with Crippen molar-refractivity contribution in [3.8, 4) is 0 Å². The highest BCUT2D eigenvalue weighted by Gasteiger charge is 2.49. The van der Waals surface area contributed by atoms with Crippen LogP contribution in [0.4, 0.5) is 4.79 Å². The Balaban J connectivity index is 1.42. The molecule has 2 aromatic rings. The maximum atomic E-state index is 13.3. The van der Waals surface area contributed by atoms with Gasteiger partial charge in [-0.25, -0.2) is 18.1 Å². The van der Waals surface area contributed by atoms with Crippen molar-refractivity contribution >= 4 is 33.3 Å². The molecule has 0 saturated carbocycles. The van der Waals surface area contributed by atoms with E-state index in [9.17, 15) is 18.0 Å². The van der Waals surface area contributed by atoms with Crippen LogP contribution in [0.15, 0.2) is 46.0 Å². The molecule has 0 spiro atoms. The predicted molar refractivity (Wildman–Crippen MR) is 127 cm³/mol. The maximum absolute atomic E-state index is 13.3. The monoisotopic (exact) mass is 490 g/mol. The standard InChI is InChI=1S/C23H30N4O4S2/c1-22(2,3)17-7-9-18(10-8-17)23(4)20(28)27(21(29)24-23)16-25-11-13-26(14-12-25)33(30,31)19-6-5-15-32-19/h5-10,15H,11-14,16H2,1-4H3,(H,24,29). The van der Waals surface area contributed by atoms with E-state index in [1.165, 1.54) is 20.5 Å². The van der Waals surface area contributed by atoms with Crippen LogP contribution in [0.3, 0.4) is 0 Å². The van der Waals surface area contributed by atoms with Crippen LogP contribution < -0.4 is 5.32 Å². The van der Waals surface area contributed by atoms with Crippen LogP contribution in [-0.4, -0.2) is 67.3 Å². The SMILES string of the molecule is CC(C)(C)c1ccc(C2(C)NC(=O)N(CN3CCN(S(=O)(=O)c4cccs4)CC3)C2=O)cc1. The van der Waals surface area contributed by atoms with Gasteiger partial charge >= 0.3 is 6.03 Å². The van der Waals surface area contributed by atoms with Gasteiger partial charge in [-0.3, -0.25) is 9.69 Å². The Morgan fingerprint density at radius 3 is 2.21 bits per heavy atom. The van der Waals surface area contributed by atoms with Gasteiger partial charge in [-0.1, -0.05) is 51.1 Å². The van der Waals surface area contributed by atoms with Crippen molar-refractivity contribution in [2.75, 3.05) is 32.8 Å². The second-order valence-corrected chi connectivity index (χ2v) is 12.8. The van der Waals surface area contributed by atoms with E-state index < -0.39 is 21.6 Å². The van der Waals surface area contributed by atoms with E-state index in [0.29, 0.717) is 30.4 Å². The van der Waals surface area contributed by atoms with E-state index in [2.05, 4.69) is 26.1 Å². The van der Waals surface area contributed by atoms with E-state index in [4.69, 9.17) is 0 Å². The number of rotatable bonds is 5. The average Bonchev–Trinajstić information content (AvgIpc) is 3.38. The molecule has 4 rings (SSSR count). The Labute approximate surface area is 199 Å². The first-order chi connectivity index (χ1) is 15.4. The largest absolute Gasteiger partial charge is 0.326 e. The Morgan fingerprint density at radius 2 is 1.67 bits per heavy atom. The topological polar surface area (TPSA) is 90.0 Å². The van der Waals surface area contributed by atoms with Gasteiger partial charge in [0.05, 0.1) is 6.67 Å². The second kappa shape index (κ2) is 8.50. The molecule has 2 aliphatic heterocycles. The zero-order chi connectivity index (χ0) is 24.0. The van der Waals surface area contributed by atoms with Gasteiger partial charge in [0.1, 0.15) is 9.75 Å². The number of urea groups is 1. The number of thiophene rings is 1. The molecule has 0 bridgehead atoms. The number of nitrogens with one attached hydrogen (secondary N) is 1. The third kappa shape index (κ3) is 4.44. The summed E-state index contributed by atoms with van der Waals surface area (Å²) in [4.78, 5) is 29.2. The van der Waals surface area contributed by atoms with Crippen molar-refractivity contribution < 1.29 is 18.0 Å². The summed E-state index contributed by atoms with van der Waals surface area (Å²) in [7, 11) is -3.49. The zero-order valence-electron chi connectivity index (χ0n) is 19.4. The summed E-state index contributed by atoms with van der Waals surface area (Å²) in [5.41, 5.74) is 0.757. The molecule has 0 aliphatic carbocycles. The minimum absolute atomic E-state index is 0.00642. The second-order valence-electron chi connectivity index (χ2n) is 9.71. The Hall–Kier alpha value is -2.27. The van der Waals surface area contributed by atoms with Crippen molar-refractivity contribution in [1.82, 2.24) is 19.4 Å². The number of sulfonamides is 1. The Kier molecular flexibility index (Phi) is 6.15. The van der Waals surface area contributed by atoms with Crippen LogP contribution in [0.2, 0.25) is 0 Å². The van der Waals surface area contributed by atoms with Gasteiger partial charge in [-0.05, 0) is 34.9 Å². The summed E-state index contributed by atoms with van der Waals surface area (Å²) >= 11 is 1.20. The molecule has 10 heteroatoms. The first-order valence-corrected chi connectivity index (χ1v) is 13.3. The molecular formula is C23H30N4O4S2. The zero-order valence-corrected chi connectivity index (χ0v) is 21.0. The summed E-state index contributed by atoms with van der Waals surface area (Å²) in [5.74, 6) is -0.301. The smallest absolute Gasteiger partial charge is 0.319 e. The lowest BCUT2D eigenvalue weighted by Crippen LogP contribution is -2.52. The molecule has 8 nitrogen and oxygen atoms in total. The molecule has 2 saturated heterocycles. The highest BCUT2D eigenvalue weighted by molar-refractivity contribution is 7.91. The molecule has 1 unspecified atom stereocenters. The highest BCUT2D eigenvalue weighted by Crippen LogP contribution is 2.31. The molecule has 2 aliphatic rings. The molecule has 178 valence electrons. The molecule has 2 fully saturated rings. The molecule has 1 atom stereocenters. The van der Waals surface area contributed by atoms with Crippen molar-refractivity contribution in [3.05, 3.63) is 52.9 Å². The van der Waals surface area contributed by atoms with Gasteiger partial charge in [0.15, 0.2) is 0 Å². The number of hydrogen-bond donors (Lipinski definition) is 1. The number of amides is 3. The fraction of sp³-hybridized carbons (Fsp3) is 0.478. The number of carbonyl (C=O) groups excluding carboxylic acids is 2. The lowest BCUT2D eigenvalue weighted by molar-refractivity contribution is -0.132. The molecule has 33 heavy (non-hydrogen) atoms. The van der Waals surface area contributed by atoms with Gasteiger partial charge in [-0.15, -0.1) is 11.3 Å². The minimum atomic E-state index is -3.49. The Morgan fingerprint density at radius 1 is 1.03 bits per heavy atom. The summed E-state index contributed by atoms with van der Waals surface area (Å²) in [6.07, 6.45) is 0. The number of nitrogens with zero attached hydrogens (tertiary/aromatic N) is 3. The molecule has 1 aromatic carbocycles. The fourth-order valence-electron chi connectivity index (χ4n) is 4.17. The van der Waals surface area contributed by atoms with Crippen LogP contribution in [0.25, 0.3) is 0 Å². The maximum Gasteiger partial charge on any atom is 0.326 e. The van der Waals surface area contributed by atoms with Crippen LogP contribution in [0, 0.1) is 0 Å². The normalized spacial score (nSPS) is 23.2. The molecule has 1 N–H and O–H groups in total. The van der Waals surface area contributed by atoms with Crippen molar-refractivity contribution in [1.29, 1.82) is 0 Å². The quantitative estimate of drug-likeness (QED) is 0.651. The van der Waals surface area contributed by atoms with Crippen LogP contribution in [0.5, 0.6) is 0 Å². The van der Waals surface area contributed by atoms with E-state index in [0.717, 1.165) is 11.1 Å². The number of carbonyl (C=O) groups is 2. The average molecular weight is 491 g/mol. The molecular weight excluding hydrogens is 460 g/mol. The fourth-order valence-corrected chi connectivity index (χ4v) is 6.74. The van der Waals surface area contributed by atoms with E-state index >= 15 is 0 Å². The first-order valence-electron chi connectivity index (χ1n) is 10.9. The van der Waals surface area contributed by atoms with Gasteiger partial charge in [0.25, 0.3) is 15.9 Å². The number of imide groups is 1. The molecule has 1 aromatic heterocycles. The third-order valence-corrected chi connectivity index (χ3v) is 9.64. The van der Waals surface area contributed by atoms with Crippen LogP contribution in [0.1, 0.15) is 38.8 Å². The summed E-state index contributed by atoms with van der Waals surface area (Å²) in [5, 5.41) is 4.60. The van der Waals surface area contributed by atoms with E-state index in [-0.39, 0.29) is 18.0 Å². The number of hydrogen-bond acceptors (Lipinski definition) is 6. The van der Waals surface area contributed by atoms with E-state index in [1.54, 1.807) is 24.4 Å². The lowest BCUT2D eigenvalue weighted by Gasteiger charge is -2.35.